The van der Waals surface area contributed by atoms with Crippen molar-refractivity contribution in [1.82, 2.24) is 9.88 Å². The molecule has 7 nitrogen and oxygen atoms in total. The molecule has 0 aliphatic carbocycles. The SMILES string of the molecule is CC(=O)CCc1cc(OCCN2CCC3(CC2)C(=O)Nc2ccc(C#N)cc23)cnc1C. The Kier molecular flexibility index (Phi) is 6.24. The van der Waals surface area contributed by atoms with Gasteiger partial charge in [0.15, 0.2) is 0 Å². The fraction of sp³-hybridized carbons (Fsp3) is 0.440. The minimum absolute atomic E-state index is 0.0438. The summed E-state index contributed by atoms with van der Waals surface area (Å²) >= 11 is 0. The van der Waals surface area contributed by atoms with Crippen LogP contribution in [0, 0.1) is 18.3 Å². The van der Waals surface area contributed by atoms with Crippen LogP contribution in [0.3, 0.4) is 0 Å². The molecule has 1 saturated heterocycles. The average Bonchev–Trinajstić information content (AvgIpc) is 3.05. The van der Waals surface area contributed by atoms with Gasteiger partial charge in [-0.05, 0) is 81.6 Å². The van der Waals surface area contributed by atoms with Gasteiger partial charge in [0.2, 0.25) is 5.91 Å². The lowest BCUT2D eigenvalue weighted by Crippen LogP contribution is -2.47. The molecule has 2 aliphatic heterocycles. The molecule has 1 aromatic carbocycles. The molecule has 4 rings (SSSR count). The molecule has 1 spiro atoms. The summed E-state index contributed by atoms with van der Waals surface area (Å²) < 4.78 is 5.93. The van der Waals surface area contributed by atoms with E-state index in [1.807, 2.05) is 25.1 Å². The van der Waals surface area contributed by atoms with Gasteiger partial charge in [0.1, 0.15) is 18.1 Å². The van der Waals surface area contributed by atoms with E-state index in [0.717, 1.165) is 60.7 Å². The Morgan fingerprint density at radius 3 is 2.81 bits per heavy atom. The number of hydrogen-bond acceptors (Lipinski definition) is 6. The molecule has 1 fully saturated rings. The van der Waals surface area contributed by atoms with Gasteiger partial charge >= 0.3 is 0 Å². The molecule has 0 atom stereocenters. The van der Waals surface area contributed by atoms with Crippen molar-refractivity contribution in [3.05, 3.63) is 52.8 Å². The van der Waals surface area contributed by atoms with Crippen LogP contribution < -0.4 is 10.1 Å². The number of ketones is 1. The van der Waals surface area contributed by atoms with Crippen LogP contribution in [0.15, 0.2) is 30.5 Å². The van der Waals surface area contributed by atoms with Crippen molar-refractivity contribution >= 4 is 17.4 Å². The fourth-order valence-electron chi connectivity index (χ4n) is 4.63. The average molecular weight is 433 g/mol. The van der Waals surface area contributed by atoms with E-state index in [9.17, 15) is 14.9 Å². The Morgan fingerprint density at radius 2 is 2.09 bits per heavy atom. The second-order valence-corrected chi connectivity index (χ2v) is 8.72. The number of carbonyl (C=O) groups is 2. The van der Waals surface area contributed by atoms with Crippen LogP contribution in [0.1, 0.15) is 48.6 Å². The van der Waals surface area contributed by atoms with Crippen LogP contribution >= 0.6 is 0 Å². The zero-order chi connectivity index (χ0) is 22.7. The van der Waals surface area contributed by atoms with Crippen molar-refractivity contribution in [3.8, 4) is 11.8 Å². The van der Waals surface area contributed by atoms with E-state index in [1.165, 1.54) is 0 Å². The molecule has 0 radical (unpaired) electrons. The number of Topliss-reactive ketones (excluding diaryl/α,β-unsaturated/α-hetero) is 1. The van der Waals surface area contributed by atoms with Gasteiger partial charge < -0.3 is 14.8 Å². The quantitative estimate of drug-likeness (QED) is 0.722. The van der Waals surface area contributed by atoms with Crippen LogP contribution in [0.5, 0.6) is 5.75 Å². The summed E-state index contributed by atoms with van der Waals surface area (Å²) in [6, 6.07) is 9.60. The predicted molar refractivity (Wildman–Crippen MR) is 121 cm³/mol. The third-order valence-corrected chi connectivity index (χ3v) is 6.65. The first-order valence-corrected chi connectivity index (χ1v) is 11.1. The van der Waals surface area contributed by atoms with Crippen molar-refractivity contribution in [2.75, 3.05) is 31.6 Å². The molecular formula is C25H28N4O3. The number of benzene rings is 1. The van der Waals surface area contributed by atoms with Gasteiger partial charge in [-0.3, -0.25) is 14.7 Å². The summed E-state index contributed by atoms with van der Waals surface area (Å²) in [5, 5.41) is 12.2. The smallest absolute Gasteiger partial charge is 0.235 e. The maximum absolute atomic E-state index is 12.8. The number of nitriles is 1. The Labute approximate surface area is 188 Å². The summed E-state index contributed by atoms with van der Waals surface area (Å²) in [5.41, 5.74) is 3.81. The number of pyridine rings is 1. The van der Waals surface area contributed by atoms with E-state index in [-0.39, 0.29) is 11.7 Å². The van der Waals surface area contributed by atoms with Gasteiger partial charge in [0.05, 0.1) is 23.2 Å². The highest BCUT2D eigenvalue weighted by molar-refractivity contribution is 6.06. The van der Waals surface area contributed by atoms with Crippen molar-refractivity contribution in [1.29, 1.82) is 5.26 Å². The third kappa shape index (κ3) is 4.37. The van der Waals surface area contributed by atoms with Crippen molar-refractivity contribution < 1.29 is 14.3 Å². The monoisotopic (exact) mass is 432 g/mol. The van der Waals surface area contributed by atoms with Crippen molar-refractivity contribution in [3.63, 3.8) is 0 Å². The Morgan fingerprint density at radius 1 is 1.31 bits per heavy atom. The number of hydrogen-bond donors (Lipinski definition) is 1. The molecule has 0 bridgehead atoms. The van der Waals surface area contributed by atoms with Crippen LogP contribution in [0.25, 0.3) is 0 Å². The summed E-state index contributed by atoms with van der Waals surface area (Å²) in [7, 11) is 0. The molecule has 32 heavy (non-hydrogen) atoms. The van der Waals surface area contributed by atoms with Crippen molar-refractivity contribution in [2.45, 2.75) is 44.9 Å². The Bertz CT molecular complexity index is 1080. The van der Waals surface area contributed by atoms with E-state index in [2.05, 4.69) is 21.3 Å². The van der Waals surface area contributed by atoms with E-state index >= 15 is 0 Å². The first-order valence-electron chi connectivity index (χ1n) is 11.1. The van der Waals surface area contributed by atoms with Gasteiger partial charge in [0, 0.05) is 24.3 Å². The molecule has 2 aliphatic rings. The number of anilines is 1. The topological polar surface area (TPSA) is 95.3 Å². The highest BCUT2D eigenvalue weighted by atomic mass is 16.5. The molecule has 166 valence electrons. The number of rotatable bonds is 7. The van der Waals surface area contributed by atoms with Gasteiger partial charge in [-0.15, -0.1) is 0 Å². The number of ether oxygens (including phenoxy) is 1. The third-order valence-electron chi connectivity index (χ3n) is 6.65. The fourth-order valence-corrected chi connectivity index (χ4v) is 4.63. The minimum atomic E-state index is -0.536. The number of fused-ring (bicyclic) bond motifs is 2. The summed E-state index contributed by atoms with van der Waals surface area (Å²) in [5.74, 6) is 0.930. The van der Waals surface area contributed by atoms with E-state index in [1.54, 1.807) is 19.2 Å². The van der Waals surface area contributed by atoms with E-state index in [4.69, 9.17) is 4.74 Å². The zero-order valence-corrected chi connectivity index (χ0v) is 18.6. The number of nitrogens with one attached hydrogen (secondary N) is 1. The number of aryl methyl sites for hydroxylation is 2. The summed E-state index contributed by atoms with van der Waals surface area (Å²) in [6.45, 7) is 6.43. The molecular weight excluding hydrogens is 404 g/mol. The van der Waals surface area contributed by atoms with E-state index in [0.29, 0.717) is 25.0 Å². The maximum Gasteiger partial charge on any atom is 0.235 e. The lowest BCUT2D eigenvalue weighted by atomic mass is 9.73. The summed E-state index contributed by atoms with van der Waals surface area (Å²) in [4.78, 5) is 30.8. The Hall–Kier alpha value is -3.24. The number of carbonyl (C=O) groups excluding carboxylic acids is 2. The molecule has 1 amide bonds. The second-order valence-electron chi connectivity index (χ2n) is 8.72. The normalized spacial score (nSPS) is 17.0. The molecule has 1 aromatic heterocycles. The molecule has 0 unspecified atom stereocenters. The summed E-state index contributed by atoms with van der Waals surface area (Å²) in [6.07, 6.45) is 4.36. The Balaban J connectivity index is 1.32. The highest BCUT2D eigenvalue weighted by Gasteiger charge is 2.48. The first kappa shape index (κ1) is 22.0. The molecule has 7 heteroatoms. The lowest BCUT2D eigenvalue weighted by molar-refractivity contribution is -0.122. The minimum Gasteiger partial charge on any atom is -0.491 e. The maximum atomic E-state index is 12.8. The number of aromatic nitrogens is 1. The number of piperidine rings is 1. The van der Waals surface area contributed by atoms with Crippen LogP contribution in [-0.4, -0.2) is 47.8 Å². The standard InChI is InChI=1S/C25H28N4O3/c1-17(30)3-5-20-14-21(16-27-18(20)2)32-12-11-29-9-7-25(8-10-29)22-13-19(15-26)4-6-23(22)28-24(25)31/h4,6,13-14,16H,3,5,7-12H2,1-2H3,(H,28,31). The van der Waals surface area contributed by atoms with Gasteiger partial charge in [-0.2, -0.15) is 5.26 Å². The number of likely N-dealkylation sites (tertiary alicyclic amines) is 1. The molecule has 0 saturated carbocycles. The van der Waals surface area contributed by atoms with E-state index < -0.39 is 5.41 Å². The molecule has 1 N–H and O–H groups in total. The highest BCUT2D eigenvalue weighted by Crippen LogP contribution is 2.45. The van der Waals surface area contributed by atoms with Crippen molar-refractivity contribution in [2.24, 2.45) is 0 Å². The predicted octanol–water partition coefficient (Wildman–Crippen LogP) is 3.15. The number of nitrogens with zero attached hydrogens (tertiary/aromatic N) is 3. The van der Waals surface area contributed by atoms with Crippen LogP contribution in [0.2, 0.25) is 0 Å². The van der Waals surface area contributed by atoms with Gasteiger partial charge in [-0.25, -0.2) is 0 Å². The zero-order valence-electron chi connectivity index (χ0n) is 18.6. The lowest BCUT2D eigenvalue weighted by Gasteiger charge is -2.37. The first-order chi connectivity index (χ1) is 15.4. The molecule has 2 aromatic rings. The number of amides is 1. The van der Waals surface area contributed by atoms with Gasteiger partial charge in [0.25, 0.3) is 0 Å². The second kappa shape index (κ2) is 9.09. The van der Waals surface area contributed by atoms with Crippen LogP contribution in [-0.2, 0) is 21.4 Å². The largest absolute Gasteiger partial charge is 0.491 e. The van der Waals surface area contributed by atoms with Crippen LogP contribution in [0.4, 0.5) is 5.69 Å². The van der Waals surface area contributed by atoms with Gasteiger partial charge in [-0.1, -0.05) is 0 Å². The molecule has 3 heterocycles.